The molecule has 100 valence electrons. The van der Waals surface area contributed by atoms with Crippen molar-refractivity contribution in [3.05, 3.63) is 28.2 Å². The van der Waals surface area contributed by atoms with Gasteiger partial charge in [-0.05, 0) is 41.1 Å². The van der Waals surface area contributed by atoms with Gasteiger partial charge in [-0.1, -0.05) is 0 Å². The zero-order valence-electron chi connectivity index (χ0n) is 10.1. The minimum absolute atomic E-state index is 0.131. The van der Waals surface area contributed by atoms with Crippen LogP contribution in [0.4, 0.5) is 5.69 Å². The van der Waals surface area contributed by atoms with Crippen LogP contribution in [0.25, 0.3) is 0 Å². The predicted molar refractivity (Wildman–Crippen MR) is 72.2 cm³/mol. The molecule has 1 aliphatic heterocycles. The lowest BCUT2D eigenvalue weighted by Crippen LogP contribution is -2.58. The highest BCUT2D eigenvalue weighted by Crippen LogP contribution is 2.22. The van der Waals surface area contributed by atoms with Crippen molar-refractivity contribution in [2.24, 2.45) is 0 Å². The number of benzene rings is 1. The molecule has 6 nitrogen and oxygen atoms in total. The van der Waals surface area contributed by atoms with Gasteiger partial charge in [-0.2, -0.15) is 0 Å². The molecule has 19 heavy (non-hydrogen) atoms. The fourth-order valence-electron chi connectivity index (χ4n) is 1.79. The van der Waals surface area contributed by atoms with E-state index in [0.717, 1.165) is 0 Å². The van der Waals surface area contributed by atoms with Crippen LogP contribution in [-0.2, 0) is 9.59 Å². The first kappa shape index (κ1) is 13.5. The van der Waals surface area contributed by atoms with Gasteiger partial charge >= 0.3 is 0 Å². The number of anilines is 1. The minimum Gasteiger partial charge on any atom is -0.398 e. The molecule has 3 N–H and O–H groups in total. The van der Waals surface area contributed by atoms with E-state index in [1.165, 1.54) is 4.90 Å². The van der Waals surface area contributed by atoms with Gasteiger partial charge in [-0.15, -0.1) is 0 Å². The molecular weight excluding hydrogens is 314 g/mol. The molecule has 1 unspecified atom stereocenters. The third-order valence-electron chi connectivity index (χ3n) is 2.93. The van der Waals surface area contributed by atoms with Crippen LogP contribution in [0.5, 0.6) is 0 Å². The van der Waals surface area contributed by atoms with Crippen LogP contribution in [0.2, 0.25) is 0 Å². The van der Waals surface area contributed by atoms with E-state index in [0.29, 0.717) is 15.7 Å². The second kappa shape index (κ2) is 5.00. The van der Waals surface area contributed by atoms with Crippen LogP contribution >= 0.6 is 15.9 Å². The Labute approximate surface area is 118 Å². The quantitative estimate of drug-likeness (QED) is 0.581. The van der Waals surface area contributed by atoms with Gasteiger partial charge in [-0.25, -0.2) is 0 Å². The fourth-order valence-corrected chi connectivity index (χ4v) is 2.17. The number of hydrogen-bond acceptors (Lipinski definition) is 4. The Morgan fingerprint density at radius 2 is 2.16 bits per heavy atom. The zero-order chi connectivity index (χ0) is 14.2. The number of carbonyl (C=O) groups excluding carboxylic acids is 3. The fraction of sp³-hybridized carbons (Fsp3) is 0.250. The number of amides is 3. The molecule has 1 aliphatic rings. The summed E-state index contributed by atoms with van der Waals surface area (Å²) in [7, 11) is 0. The van der Waals surface area contributed by atoms with E-state index in [1.807, 2.05) is 0 Å². The highest BCUT2D eigenvalue weighted by molar-refractivity contribution is 9.10. The maximum absolute atomic E-state index is 12.3. The second-order valence-electron chi connectivity index (χ2n) is 4.26. The van der Waals surface area contributed by atoms with Gasteiger partial charge in [0.15, 0.2) is 0 Å². The molecule has 1 atom stereocenters. The summed E-state index contributed by atoms with van der Waals surface area (Å²) >= 11 is 3.24. The Kier molecular flexibility index (Phi) is 3.57. The maximum atomic E-state index is 12.3. The maximum Gasteiger partial charge on any atom is 0.255 e. The number of nitrogen functional groups attached to an aromatic ring is 1. The number of hydrogen-bond donors (Lipinski definition) is 2. The first-order chi connectivity index (χ1) is 8.90. The Hall–Kier alpha value is -1.89. The van der Waals surface area contributed by atoms with Gasteiger partial charge in [0.1, 0.15) is 12.6 Å². The van der Waals surface area contributed by atoms with Crippen molar-refractivity contribution in [3.63, 3.8) is 0 Å². The molecule has 0 aliphatic carbocycles. The molecule has 1 aromatic carbocycles. The van der Waals surface area contributed by atoms with Crippen molar-refractivity contribution in [1.29, 1.82) is 0 Å². The summed E-state index contributed by atoms with van der Waals surface area (Å²) in [5, 5.41) is 2.18. The molecule has 1 saturated heterocycles. The molecule has 0 radical (unpaired) electrons. The molecule has 1 heterocycles. The summed E-state index contributed by atoms with van der Waals surface area (Å²) in [6.07, 6.45) is 0. The summed E-state index contributed by atoms with van der Waals surface area (Å²) in [6, 6.07) is 4.04. The van der Waals surface area contributed by atoms with Crippen molar-refractivity contribution in [2.45, 2.75) is 13.0 Å². The third-order valence-corrected chi connectivity index (χ3v) is 3.62. The van der Waals surface area contributed by atoms with Crippen LogP contribution in [0, 0.1) is 0 Å². The molecule has 3 amide bonds. The largest absolute Gasteiger partial charge is 0.398 e. The number of piperazine rings is 1. The lowest BCUT2D eigenvalue weighted by molar-refractivity contribution is -0.138. The highest BCUT2D eigenvalue weighted by Gasteiger charge is 2.33. The van der Waals surface area contributed by atoms with Crippen LogP contribution < -0.4 is 11.1 Å². The highest BCUT2D eigenvalue weighted by atomic mass is 79.9. The smallest absolute Gasteiger partial charge is 0.255 e. The molecule has 7 heteroatoms. The van der Waals surface area contributed by atoms with Gasteiger partial charge in [0.25, 0.3) is 5.91 Å². The lowest BCUT2D eigenvalue weighted by Gasteiger charge is -2.31. The summed E-state index contributed by atoms with van der Waals surface area (Å²) in [4.78, 5) is 36.4. The van der Waals surface area contributed by atoms with Crippen LogP contribution in [0.15, 0.2) is 22.7 Å². The number of rotatable bonds is 1. The SMILES string of the molecule is CC1C(=O)NC(=O)CN1C(=O)c1ccc(N)c(Br)c1. The van der Waals surface area contributed by atoms with Gasteiger partial charge in [0.2, 0.25) is 11.8 Å². The molecule has 0 bridgehead atoms. The van der Waals surface area contributed by atoms with E-state index < -0.39 is 17.9 Å². The Morgan fingerprint density at radius 1 is 1.47 bits per heavy atom. The van der Waals surface area contributed by atoms with Gasteiger partial charge in [0.05, 0.1) is 0 Å². The first-order valence-corrected chi connectivity index (χ1v) is 6.39. The third kappa shape index (κ3) is 2.60. The van der Waals surface area contributed by atoms with Crippen molar-refractivity contribution in [1.82, 2.24) is 10.2 Å². The number of halogens is 1. The van der Waals surface area contributed by atoms with Crippen LogP contribution in [0.1, 0.15) is 17.3 Å². The molecular formula is C12H12BrN3O3. The lowest BCUT2D eigenvalue weighted by atomic mass is 10.1. The van der Waals surface area contributed by atoms with E-state index in [9.17, 15) is 14.4 Å². The molecule has 0 saturated carbocycles. The van der Waals surface area contributed by atoms with Gasteiger partial charge in [-0.3, -0.25) is 19.7 Å². The normalized spacial score (nSPS) is 19.3. The average molecular weight is 326 g/mol. The Morgan fingerprint density at radius 3 is 2.79 bits per heavy atom. The topological polar surface area (TPSA) is 92.5 Å². The first-order valence-electron chi connectivity index (χ1n) is 5.60. The van der Waals surface area contributed by atoms with Crippen molar-refractivity contribution < 1.29 is 14.4 Å². The van der Waals surface area contributed by atoms with E-state index in [1.54, 1.807) is 25.1 Å². The number of nitrogens with one attached hydrogen (secondary N) is 1. The minimum atomic E-state index is -0.679. The molecule has 1 aromatic rings. The van der Waals surface area contributed by atoms with Crippen molar-refractivity contribution >= 4 is 39.3 Å². The molecule has 0 spiro atoms. The van der Waals surface area contributed by atoms with Crippen LogP contribution in [0.3, 0.4) is 0 Å². The summed E-state index contributed by atoms with van der Waals surface area (Å²) < 4.78 is 0.596. The molecule has 1 fully saturated rings. The molecule has 2 rings (SSSR count). The number of imide groups is 1. The van der Waals surface area contributed by atoms with E-state index in [4.69, 9.17) is 5.73 Å². The summed E-state index contributed by atoms with van der Waals surface area (Å²) in [5.41, 5.74) is 6.53. The van der Waals surface area contributed by atoms with E-state index in [2.05, 4.69) is 21.2 Å². The van der Waals surface area contributed by atoms with Crippen molar-refractivity contribution in [3.8, 4) is 0 Å². The Bertz CT molecular complexity index is 573. The summed E-state index contributed by atoms with van der Waals surface area (Å²) in [6.45, 7) is 1.44. The zero-order valence-corrected chi connectivity index (χ0v) is 11.7. The van der Waals surface area contributed by atoms with E-state index in [-0.39, 0.29) is 12.5 Å². The Balaban J connectivity index is 2.29. The number of carbonyl (C=O) groups is 3. The monoisotopic (exact) mass is 325 g/mol. The van der Waals surface area contributed by atoms with Gasteiger partial charge < -0.3 is 10.6 Å². The standard InChI is InChI=1S/C12H12BrN3O3/c1-6-11(18)15-10(17)5-16(6)12(19)7-2-3-9(14)8(13)4-7/h2-4,6H,5,14H2,1H3,(H,15,17,18). The summed E-state index contributed by atoms with van der Waals surface area (Å²) in [5.74, 6) is -1.33. The number of nitrogens with zero attached hydrogens (tertiary/aromatic N) is 1. The van der Waals surface area contributed by atoms with Crippen LogP contribution in [-0.4, -0.2) is 35.2 Å². The van der Waals surface area contributed by atoms with Gasteiger partial charge in [0, 0.05) is 15.7 Å². The predicted octanol–water partition coefficient (Wildman–Crippen LogP) is 0.518. The number of nitrogens with two attached hydrogens (primary N) is 1. The van der Waals surface area contributed by atoms with Crippen molar-refractivity contribution in [2.75, 3.05) is 12.3 Å². The average Bonchev–Trinajstić information content (AvgIpc) is 2.36. The molecule has 0 aromatic heterocycles. The second-order valence-corrected chi connectivity index (χ2v) is 5.11. The van der Waals surface area contributed by atoms with E-state index >= 15 is 0 Å².